The number of ether oxygens (including phenoxy) is 1. The van der Waals surface area contributed by atoms with Gasteiger partial charge in [0, 0.05) is 19.2 Å². The summed E-state index contributed by atoms with van der Waals surface area (Å²) in [4.78, 5) is 21.1. The number of nitrogens with zero attached hydrogens (tertiary/aromatic N) is 2. The number of carbonyl (C=O) groups is 1. The third-order valence-electron chi connectivity index (χ3n) is 3.65. The number of amides is 1. The van der Waals surface area contributed by atoms with Crippen LogP contribution in [0.3, 0.4) is 0 Å². The first-order valence-corrected chi connectivity index (χ1v) is 7.09. The highest BCUT2D eigenvalue weighted by Gasteiger charge is 2.14. The molecular formula is C17H16FN3O2. The molecule has 0 bridgehead atoms. The Bertz CT molecular complexity index is 860. The minimum atomic E-state index is -0.440. The van der Waals surface area contributed by atoms with E-state index >= 15 is 0 Å². The van der Waals surface area contributed by atoms with E-state index in [-0.39, 0.29) is 11.7 Å². The number of H-pyrrole nitrogens is 1. The molecule has 0 saturated carbocycles. The van der Waals surface area contributed by atoms with Crippen LogP contribution in [0.25, 0.3) is 11.0 Å². The molecule has 1 N–H and O–H groups in total. The predicted octanol–water partition coefficient (Wildman–Crippen LogP) is 2.98. The van der Waals surface area contributed by atoms with Gasteiger partial charge in [-0.2, -0.15) is 0 Å². The molecule has 0 fully saturated rings. The summed E-state index contributed by atoms with van der Waals surface area (Å²) in [6, 6.07) is 9.95. The zero-order valence-corrected chi connectivity index (χ0v) is 12.8. The molecule has 0 aliphatic heterocycles. The average Bonchev–Trinajstić information content (AvgIpc) is 3.01. The molecule has 3 aromatic rings. The number of hydrogen-bond acceptors (Lipinski definition) is 3. The van der Waals surface area contributed by atoms with Gasteiger partial charge >= 0.3 is 0 Å². The van der Waals surface area contributed by atoms with Crippen molar-refractivity contribution in [2.24, 2.45) is 0 Å². The van der Waals surface area contributed by atoms with Gasteiger partial charge in [0.15, 0.2) is 11.6 Å². The van der Waals surface area contributed by atoms with Gasteiger partial charge in [0.25, 0.3) is 5.91 Å². The minimum Gasteiger partial charge on any atom is -0.494 e. The number of nitrogens with one attached hydrogen (secondary N) is 1. The Balaban J connectivity index is 1.77. The summed E-state index contributed by atoms with van der Waals surface area (Å²) in [5.74, 6) is -0.394. The molecule has 3 rings (SSSR count). The van der Waals surface area contributed by atoms with Crippen molar-refractivity contribution >= 4 is 16.9 Å². The standard InChI is InChI=1S/C17H16FN3O2/c1-21(9-11-3-6-16(23-2)13(18)7-11)17(22)12-4-5-14-15(8-12)20-10-19-14/h3-8,10H,9H2,1-2H3,(H,19,20). The number of benzene rings is 2. The number of aromatic amines is 1. The van der Waals surface area contributed by atoms with E-state index in [1.807, 2.05) is 0 Å². The Morgan fingerprint density at radius 1 is 1.30 bits per heavy atom. The van der Waals surface area contributed by atoms with Crippen molar-refractivity contribution in [3.05, 3.63) is 59.7 Å². The second kappa shape index (κ2) is 6.08. The summed E-state index contributed by atoms with van der Waals surface area (Å²) in [6.07, 6.45) is 1.59. The van der Waals surface area contributed by atoms with E-state index in [0.717, 1.165) is 11.0 Å². The van der Waals surface area contributed by atoms with Crippen LogP contribution in [0.5, 0.6) is 5.75 Å². The summed E-state index contributed by atoms with van der Waals surface area (Å²) in [6.45, 7) is 0.306. The molecule has 0 atom stereocenters. The maximum absolute atomic E-state index is 13.7. The van der Waals surface area contributed by atoms with Crippen molar-refractivity contribution < 1.29 is 13.9 Å². The SMILES string of the molecule is COc1ccc(CN(C)C(=O)c2ccc3nc[nH]c3c2)cc1F. The first-order valence-electron chi connectivity index (χ1n) is 7.09. The van der Waals surface area contributed by atoms with Gasteiger partial charge in [-0.1, -0.05) is 6.07 Å². The van der Waals surface area contributed by atoms with Crippen molar-refractivity contribution in [3.63, 3.8) is 0 Å². The summed E-state index contributed by atoms with van der Waals surface area (Å²) < 4.78 is 18.6. The summed E-state index contributed by atoms with van der Waals surface area (Å²) in [5, 5.41) is 0. The fourth-order valence-corrected chi connectivity index (χ4v) is 2.44. The molecule has 118 valence electrons. The van der Waals surface area contributed by atoms with Crippen molar-refractivity contribution in [3.8, 4) is 5.75 Å². The highest BCUT2D eigenvalue weighted by atomic mass is 19.1. The fraction of sp³-hybridized carbons (Fsp3) is 0.176. The second-order valence-electron chi connectivity index (χ2n) is 5.26. The van der Waals surface area contributed by atoms with Gasteiger partial charge in [0.1, 0.15) is 0 Å². The predicted molar refractivity (Wildman–Crippen MR) is 84.8 cm³/mol. The fourth-order valence-electron chi connectivity index (χ4n) is 2.44. The molecule has 1 amide bonds. The Morgan fingerprint density at radius 2 is 2.13 bits per heavy atom. The van der Waals surface area contributed by atoms with Crippen LogP contribution in [0.2, 0.25) is 0 Å². The number of rotatable bonds is 4. The van der Waals surface area contributed by atoms with Crippen LogP contribution in [-0.4, -0.2) is 34.9 Å². The van der Waals surface area contributed by atoms with Gasteiger partial charge < -0.3 is 14.6 Å². The molecule has 0 spiro atoms. The Labute approximate surface area is 132 Å². The molecule has 0 aliphatic carbocycles. The molecule has 0 saturated heterocycles. The zero-order valence-electron chi connectivity index (χ0n) is 12.8. The lowest BCUT2D eigenvalue weighted by molar-refractivity contribution is 0.0785. The van der Waals surface area contributed by atoms with E-state index in [4.69, 9.17) is 4.74 Å². The van der Waals surface area contributed by atoms with Gasteiger partial charge in [-0.25, -0.2) is 9.37 Å². The molecule has 0 aliphatic rings. The van der Waals surface area contributed by atoms with Crippen LogP contribution < -0.4 is 4.74 Å². The quantitative estimate of drug-likeness (QED) is 0.805. The monoisotopic (exact) mass is 313 g/mol. The topological polar surface area (TPSA) is 58.2 Å². The first-order chi connectivity index (χ1) is 11.1. The van der Waals surface area contributed by atoms with Crippen molar-refractivity contribution in [1.82, 2.24) is 14.9 Å². The van der Waals surface area contributed by atoms with E-state index in [1.54, 1.807) is 48.6 Å². The zero-order chi connectivity index (χ0) is 16.4. The van der Waals surface area contributed by atoms with Crippen LogP contribution in [0.4, 0.5) is 4.39 Å². The largest absolute Gasteiger partial charge is 0.494 e. The van der Waals surface area contributed by atoms with E-state index in [0.29, 0.717) is 17.7 Å². The summed E-state index contributed by atoms with van der Waals surface area (Å²) in [5.41, 5.74) is 2.86. The average molecular weight is 313 g/mol. The van der Waals surface area contributed by atoms with Crippen molar-refractivity contribution in [2.75, 3.05) is 14.2 Å². The molecule has 0 radical (unpaired) electrons. The number of fused-ring (bicyclic) bond motifs is 1. The molecular weight excluding hydrogens is 297 g/mol. The lowest BCUT2D eigenvalue weighted by Crippen LogP contribution is -2.26. The highest BCUT2D eigenvalue weighted by Crippen LogP contribution is 2.19. The van der Waals surface area contributed by atoms with Crippen LogP contribution in [0.1, 0.15) is 15.9 Å². The Morgan fingerprint density at radius 3 is 2.87 bits per heavy atom. The lowest BCUT2D eigenvalue weighted by atomic mass is 10.1. The Hall–Kier alpha value is -2.89. The molecule has 1 heterocycles. The Kier molecular flexibility index (Phi) is 3.97. The minimum absolute atomic E-state index is 0.141. The van der Waals surface area contributed by atoms with Gasteiger partial charge in [-0.3, -0.25) is 4.79 Å². The lowest BCUT2D eigenvalue weighted by Gasteiger charge is -2.17. The van der Waals surface area contributed by atoms with E-state index < -0.39 is 5.82 Å². The smallest absolute Gasteiger partial charge is 0.253 e. The number of carbonyl (C=O) groups excluding carboxylic acids is 1. The highest BCUT2D eigenvalue weighted by molar-refractivity contribution is 5.97. The molecule has 1 aromatic heterocycles. The molecule has 5 nitrogen and oxygen atoms in total. The third kappa shape index (κ3) is 3.01. The maximum atomic E-state index is 13.7. The van der Waals surface area contributed by atoms with Gasteiger partial charge in [0.2, 0.25) is 0 Å². The number of imidazole rings is 1. The number of hydrogen-bond donors (Lipinski definition) is 1. The second-order valence-corrected chi connectivity index (χ2v) is 5.26. The molecule has 23 heavy (non-hydrogen) atoms. The summed E-state index contributed by atoms with van der Waals surface area (Å²) in [7, 11) is 3.10. The van der Waals surface area contributed by atoms with E-state index in [9.17, 15) is 9.18 Å². The summed E-state index contributed by atoms with van der Waals surface area (Å²) >= 11 is 0. The number of aromatic nitrogens is 2. The van der Waals surface area contributed by atoms with Gasteiger partial charge in [0.05, 0.1) is 24.5 Å². The van der Waals surface area contributed by atoms with Gasteiger partial charge in [-0.05, 0) is 35.9 Å². The van der Waals surface area contributed by atoms with Crippen LogP contribution in [0.15, 0.2) is 42.7 Å². The normalized spacial score (nSPS) is 10.7. The molecule has 0 unspecified atom stereocenters. The van der Waals surface area contributed by atoms with Gasteiger partial charge in [-0.15, -0.1) is 0 Å². The first kappa shape index (κ1) is 15.0. The molecule has 6 heteroatoms. The molecule has 2 aromatic carbocycles. The van der Waals surface area contributed by atoms with Crippen LogP contribution in [-0.2, 0) is 6.54 Å². The van der Waals surface area contributed by atoms with Crippen LogP contribution >= 0.6 is 0 Å². The number of methoxy groups -OCH3 is 1. The van der Waals surface area contributed by atoms with E-state index in [2.05, 4.69) is 9.97 Å². The third-order valence-corrected chi connectivity index (χ3v) is 3.65. The van der Waals surface area contributed by atoms with Crippen molar-refractivity contribution in [1.29, 1.82) is 0 Å². The van der Waals surface area contributed by atoms with Crippen LogP contribution in [0, 0.1) is 5.82 Å². The maximum Gasteiger partial charge on any atom is 0.253 e. The van der Waals surface area contributed by atoms with E-state index in [1.165, 1.54) is 13.2 Å². The van der Waals surface area contributed by atoms with Crippen molar-refractivity contribution in [2.45, 2.75) is 6.54 Å². The number of halogens is 1.